The maximum Gasteiger partial charge on any atom is 0.265 e. The summed E-state index contributed by atoms with van der Waals surface area (Å²) < 4.78 is 15.1. The van der Waals surface area contributed by atoms with E-state index >= 15 is 0 Å². The summed E-state index contributed by atoms with van der Waals surface area (Å²) in [6.07, 6.45) is 1.51. The molecule has 0 radical (unpaired) electrons. The molecule has 2 rings (SSSR count). The molecular weight excluding hydrogens is 322 g/mol. The number of hydrogen-bond acceptors (Lipinski definition) is 2. The van der Waals surface area contributed by atoms with Crippen LogP contribution >= 0.6 is 27.5 Å². The molecule has 6 heteroatoms. The zero-order valence-corrected chi connectivity index (χ0v) is 11.5. The first-order valence-corrected chi connectivity index (χ1v) is 6.24. The van der Waals surface area contributed by atoms with Gasteiger partial charge < -0.3 is 10.3 Å². The summed E-state index contributed by atoms with van der Waals surface area (Å²) in [5.74, 6) is -0.509. The van der Waals surface area contributed by atoms with Gasteiger partial charge in [-0.05, 0) is 39.7 Å². The molecule has 0 aliphatic rings. The van der Waals surface area contributed by atoms with Crippen LogP contribution in [0, 0.1) is 5.82 Å². The number of nitrogen functional groups attached to an aromatic ring is 1. The Morgan fingerprint density at radius 3 is 2.78 bits per heavy atom. The molecular formula is C12H9BrClFN2O. The fourth-order valence-electron chi connectivity index (χ4n) is 1.57. The number of anilines is 1. The Kier molecular flexibility index (Phi) is 3.73. The van der Waals surface area contributed by atoms with Crippen molar-refractivity contribution in [2.45, 2.75) is 6.54 Å². The Balaban J connectivity index is 2.40. The van der Waals surface area contributed by atoms with Gasteiger partial charge in [0.15, 0.2) is 0 Å². The van der Waals surface area contributed by atoms with E-state index in [1.54, 1.807) is 6.07 Å². The number of nitrogens with zero attached hydrogens (tertiary/aromatic N) is 1. The van der Waals surface area contributed by atoms with Crippen LogP contribution in [0.3, 0.4) is 0 Å². The molecule has 0 fully saturated rings. The van der Waals surface area contributed by atoms with Crippen molar-refractivity contribution in [3.63, 3.8) is 0 Å². The topological polar surface area (TPSA) is 48.0 Å². The fourth-order valence-corrected chi connectivity index (χ4v) is 2.18. The van der Waals surface area contributed by atoms with E-state index in [2.05, 4.69) is 15.9 Å². The molecule has 0 unspecified atom stereocenters. The minimum atomic E-state index is -0.509. The summed E-state index contributed by atoms with van der Waals surface area (Å²) in [4.78, 5) is 11.8. The molecule has 0 aliphatic heterocycles. The average Bonchev–Trinajstić information content (AvgIpc) is 2.30. The quantitative estimate of drug-likeness (QED) is 0.919. The molecule has 1 aromatic carbocycles. The van der Waals surface area contributed by atoms with Crippen LogP contribution in [0.2, 0.25) is 5.02 Å². The molecule has 2 N–H and O–H groups in total. The van der Waals surface area contributed by atoms with Gasteiger partial charge in [0, 0.05) is 11.9 Å². The molecule has 1 aromatic heterocycles. The van der Waals surface area contributed by atoms with Gasteiger partial charge in [0.25, 0.3) is 5.56 Å². The number of halogens is 3. The first-order valence-electron chi connectivity index (χ1n) is 5.07. The highest BCUT2D eigenvalue weighted by Gasteiger charge is 2.06. The van der Waals surface area contributed by atoms with Crippen molar-refractivity contribution in [2.24, 2.45) is 0 Å². The molecule has 0 saturated carbocycles. The normalized spacial score (nSPS) is 10.6. The third kappa shape index (κ3) is 2.73. The molecule has 0 atom stereocenters. The van der Waals surface area contributed by atoms with Crippen LogP contribution in [0.15, 0.2) is 39.7 Å². The monoisotopic (exact) mass is 330 g/mol. The number of rotatable bonds is 2. The van der Waals surface area contributed by atoms with Crippen molar-refractivity contribution in [3.05, 3.63) is 61.7 Å². The van der Waals surface area contributed by atoms with Crippen LogP contribution in [0.5, 0.6) is 0 Å². The molecule has 0 aliphatic carbocycles. The molecule has 3 nitrogen and oxygen atoms in total. The van der Waals surface area contributed by atoms with Crippen molar-refractivity contribution in [3.8, 4) is 0 Å². The number of pyridine rings is 1. The smallest absolute Gasteiger partial charge is 0.265 e. The molecule has 94 valence electrons. The molecule has 0 bridgehead atoms. The maximum absolute atomic E-state index is 13.3. The molecule has 0 spiro atoms. The predicted octanol–water partition coefficient (Wildman–Crippen LogP) is 3.03. The Hall–Kier alpha value is -1.33. The van der Waals surface area contributed by atoms with Gasteiger partial charge in [-0.25, -0.2) is 4.39 Å². The third-order valence-electron chi connectivity index (χ3n) is 2.40. The Labute approximate surface area is 116 Å². The van der Waals surface area contributed by atoms with Crippen molar-refractivity contribution >= 4 is 33.2 Å². The van der Waals surface area contributed by atoms with Gasteiger partial charge in [0.2, 0.25) is 0 Å². The average molecular weight is 332 g/mol. The van der Waals surface area contributed by atoms with Gasteiger partial charge in [0.1, 0.15) is 5.82 Å². The van der Waals surface area contributed by atoms with Crippen molar-refractivity contribution < 1.29 is 4.39 Å². The van der Waals surface area contributed by atoms with Crippen LogP contribution in [-0.4, -0.2) is 4.57 Å². The van der Waals surface area contributed by atoms with Gasteiger partial charge in [-0.1, -0.05) is 17.7 Å². The second kappa shape index (κ2) is 5.12. The number of nitrogens with two attached hydrogens (primary N) is 1. The first kappa shape index (κ1) is 13.1. The van der Waals surface area contributed by atoms with Gasteiger partial charge in [-0.15, -0.1) is 0 Å². The Morgan fingerprint density at radius 2 is 2.11 bits per heavy atom. The highest BCUT2D eigenvalue weighted by atomic mass is 79.9. The summed E-state index contributed by atoms with van der Waals surface area (Å²) in [6, 6.07) is 5.95. The van der Waals surface area contributed by atoms with Crippen molar-refractivity contribution in [1.29, 1.82) is 0 Å². The summed E-state index contributed by atoms with van der Waals surface area (Å²) in [5, 5.41) is 0.0554. The van der Waals surface area contributed by atoms with Crippen LogP contribution < -0.4 is 11.3 Å². The SMILES string of the molecule is Nc1cc(Br)c(=O)n(Cc2ccc(Cl)c(F)c2)c1. The van der Waals surface area contributed by atoms with Gasteiger partial charge in [-0.3, -0.25) is 4.79 Å². The molecule has 0 amide bonds. The summed E-state index contributed by atoms with van der Waals surface area (Å²) in [7, 11) is 0. The van der Waals surface area contributed by atoms with Gasteiger partial charge in [-0.2, -0.15) is 0 Å². The van der Waals surface area contributed by atoms with E-state index in [0.29, 0.717) is 15.7 Å². The molecule has 1 heterocycles. The highest BCUT2D eigenvalue weighted by molar-refractivity contribution is 9.10. The van der Waals surface area contributed by atoms with E-state index in [4.69, 9.17) is 17.3 Å². The Morgan fingerprint density at radius 1 is 1.39 bits per heavy atom. The fraction of sp³-hybridized carbons (Fsp3) is 0.0833. The lowest BCUT2D eigenvalue weighted by Crippen LogP contribution is -2.21. The standard InChI is InChI=1S/C12H9BrClFN2O/c13-9-4-8(16)6-17(12(9)18)5-7-1-2-10(14)11(15)3-7/h1-4,6H,5,16H2. The maximum atomic E-state index is 13.3. The Bertz CT molecular complexity index is 657. The van der Waals surface area contributed by atoms with Crippen LogP contribution in [0.4, 0.5) is 10.1 Å². The van der Waals surface area contributed by atoms with Gasteiger partial charge >= 0.3 is 0 Å². The summed E-state index contributed by atoms with van der Waals surface area (Å²) in [6.45, 7) is 0.233. The van der Waals surface area contributed by atoms with E-state index < -0.39 is 5.82 Å². The third-order valence-corrected chi connectivity index (χ3v) is 3.28. The minimum Gasteiger partial charge on any atom is -0.398 e. The van der Waals surface area contributed by atoms with E-state index in [-0.39, 0.29) is 17.1 Å². The zero-order valence-electron chi connectivity index (χ0n) is 9.16. The summed E-state index contributed by atoms with van der Waals surface area (Å²) >= 11 is 8.72. The van der Waals surface area contributed by atoms with Crippen molar-refractivity contribution in [1.82, 2.24) is 4.57 Å². The lowest BCUT2D eigenvalue weighted by atomic mass is 10.2. The van der Waals surface area contributed by atoms with E-state index in [1.165, 1.54) is 29.0 Å². The van der Waals surface area contributed by atoms with E-state index in [9.17, 15) is 9.18 Å². The van der Waals surface area contributed by atoms with Crippen LogP contribution in [0.1, 0.15) is 5.56 Å². The second-order valence-corrected chi connectivity index (χ2v) is 5.06. The van der Waals surface area contributed by atoms with Crippen LogP contribution in [0.25, 0.3) is 0 Å². The molecule has 0 saturated heterocycles. The summed E-state index contributed by atoms with van der Waals surface area (Å²) in [5.41, 5.74) is 6.52. The van der Waals surface area contributed by atoms with E-state index in [1.807, 2.05) is 0 Å². The molecule has 18 heavy (non-hydrogen) atoms. The van der Waals surface area contributed by atoms with Gasteiger partial charge in [0.05, 0.1) is 16.0 Å². The number of hydrogen-bond donors (Lipinski definition) is 1. The van der Waals surface area contributed by atoms with Crippen molar-refractivity contribution in [2.75, 3.05) is 5.73 Å². The predicted molar refractivity (Wildman–Crippen MR) is 73.3 cm³/mol. The first-order chi connectivity index (χ1) is 8.47. The number of aromatic nitrogens is 1. The minimum absolute atomic E-state index is 0.0554. The lowest BCUT2D eigenvalue weighted by Gasteiger charge is -2.08. The lowest BCUT2D eigenvalue weighted by molar-refractivity contribution is 0.623. The zero-order chi connectivity index (χ0) is 13.3. The largest absolute Gasteiger partial charge is 0.398 e. The highest BCUT2D eigenvalue weighted by Crippen LogP contribution is 2.16. The van der Waals surface area contributed by atoms with E-state index in [0.717, 1.165) is 0 Å². The molecule has 2 aromatic rings. The number of benzene rings is 1. The second-order valence-electron chi connectivity index (χ2n) is 3.80. The van der Waals surface area contributed by atoms with Crippen LogP contribution in [-0.2, 0) is 6.54 Å².